The first-order valence-electron chi connectivity index (χ1n) is 7.36. The van der Waals surface area contributed by atoms with Crippen LogP contribution < -0.4 is 0 Å². The van der Waals surface area contributed by atoms with E-state index in [2.05, 4.69) is 32.6 Å². The van der Waals surface area contributed by atoms with E-state index in [4.69, 9.17) is 9.83 Å². The minimum atomic E-state index is 0.531. The molecule has 3 heterocycles. The lowest BCUT2D eigenvalue weighted by atomic mass is 10.1. The first-order chi connectivity index (χ1) is 11.8. The van der Waals surface area contributed by atoms with E-state index in [1.165, 1.54) is 6.21 Å². The molecule has 5 heteroatoms. The monoisotopic (exact) mass is 425 g/mol. The molecule has 116 valence electrons. The summed E-state index contributed by atoms with van der Waals surface area (Å²) in [6.07, 6.45) is 4.92. The van der Waals surface area contributed by atoms with Gasteiger partial charge in [-0.25, -0.2) is 4.98 Å². The number of fused-ring (bicyclic) bond motifs is 2. The molecular formula is C19H12IN3O. The number of para-hydroxylation sites is 1. The number of nitrogens with zero attached hydrogens (tertiary/aromatic N) is 2. The van der Waals surface area contributed by atoms with E-state index in [1.54, 1.807) is 6.20 Å². The van der Waals surface area contributed by atoms with Crippen molar-refractivity contribution in [1.29, 1.82) is 5.41 Å². The van der Waals surface area contributed by atoms with Gasteiger partial charge in [0.05, 0.1) is 23.1 Å². The van der Waals surface area contributed by atoms with Crippen molar-refractivity contribution in [2.45, 2.75) is 0 Å². The maximum atomic E-state index is 7.52. The summed E-state index contributed by atoms with van der Waals surface area (Å²) in [4.78, 5) is 9.21. The van der Waals surface area contributed by atoms with Crippen molar-refractivity contribution < 1.29 is 4.42 Å². The second-order valence-corrected chi connectivity index (χ2v) is 5.99. The predicted molar refractivity (Wildman–Crippen MR) is 106 cm³/mol. The van der Waals surface area contributed by atoms with Crippen LogP contribution in [0.3, 0.4) is 0 Å². The molecule has 1 N–H and O–H groups in total. The smallest absolute Gasteiger partial charge is 0.152 e. The summed E-state index contributed by atoms with van der Waals surface area (Å²) in [5.41, 5.74) is 4.07. The van der Waals surface area contributed by atoms with Crippen LogP contribution in [0.15, 0.2) is 57.2 Å². The number of rotatable bonds is 3. The molecule has 0 amide bonds. The molecule has 4 rings (SSSR count). The summed E-state index contributed by atoms with van der Waals surface area (Å²) in [6, 6.07) is 13.9. The zero-order valence-corrected chi connectivity index (χ0v) is 14.7. The topological polar surface area (TPSA) is 62.8 Å². The summed E-state index contributed by atoms with van der Waals surface area (Å²) in [5, 5.41) is 9.51. The van der Waals surface area contributed by atoms with Gasteiger partial charge in [-0.15, -0.1) is 0 Å². The van der Waals surface area contributed by atoms with Gasteiger partial charge in [-0.05, 0) is 22.3 Å². The molecule has 0 spiro atoms. The second kappa shape index (κ2) is 6.16. The first-order valence-corrected chi connectivity index (χ1v) is 8.60. The van der Waals surface area contributed by atoms with Crippen LogP contribution in [-0.2, 0) is 0 Å². The Bertz CT molecular complexity index is 1100. The lowest BCUT2D eigenvalue weighted by Crippen LogP contribution is -1.88. The van der Waals surface area contributed by atoms with Gasteiger partial charge < -0.3 is 9.83 Å². The van der Waals surface area contributed by atoms with Crippen LogP contribution in [0.1, 0.15) is 11.3 Å². The van der Waals surface area contributed by atoms with E-state index in [9.17, 15) is 0 Å². The van der Waals surface area contributed by atoms with E-state index >= 15 is 0 Å². The number of aromatic nitrogens is 2. The Morgan fingerprint density at radius 2 is 1.96 bits per heavy atom. The standard InChI is InChI=1S/C19H12IN3O/c20-8-7-13-14-11-22-17(9-18(14)24-19(13)10-21)16-6-5-12-3-1-2-4-15(12)23-16/h1-11,21H/b8-7-,21-10?. The minimum Gasteiger partial charge on any atom is -0.454 e. The van der Waals surface area contributed by atoms with Gasteiger partial charge in [-0.1, -0.05) is 46.9 Å². The van der Waals surface area contributed by atoms with E-state index in [1.807, 2.05) is 52.6 Å². The van der Waals surface area contributed by atoms with Crippen LogP contribution in [0.2, 0.25) is 0 Å². The van der Waals surface area contributed by atoms with Crippen LogP contribution in [0, 0.1) is 5.41 Å². The summed E-state index contributed by atoms with van der Waals surface area (Å²) >= 11 is 2.15. The Morgan fingerprint density at radius 1 is 1.08 bits per heavy atom. The van der Waals surface area contributed by atoms with Gasteiger partial charge in [0.25, 0.3) is 0 Å². The highest BCUT2D eigenvalue weighted by molar-refractivity contribution is 14.1. The number of furan rings is 1. The third-order valence-electron chi connectivity index (χ3n) is 3.86. The molecule has 0 aliphatic carbocycles. The molecular weight excluding hydrogens is 413 g/mol. The Kier molecular flexibility index (Phi) is 3.86. The van der Waals surface area contributed by atoms with Gasteiger partial charge in [0.1, 0.15) is 5.58 Å². The van der Waals surface area contributed by atoms with Crippen molar-refractivity contribution in [3.05, 3.63) is 64.1 Å². The van der Waals surface area contributed by atoms with Gasteiger partial charge >= 0.3 is 0 Å². The SMILES string of the molecule is N=Cc1oc2cc(-c3ccc4ccccc4n3)ncc2c1/C=C\I. The van der Waals surface area contributed by atoms with Crippen LogP contribution in [0.5, 0.6) is 0 Å². The quantitative estimate of drug-likeness (QED) is 0.351. The van der Waals surface area contributed by atoms with Crippen LogP contribution in [0.25, 0.3) is 39.3 Å². The highest BCUT2D eigenvalue weighted by atomic mass is 127. The van der Waals surface area contributed by atoms with E-state index < -0.39 is 0 Å². The molecule has 24 heavy (non-hydrogen) atoms. The summed E-state index contributed by atoms with van der Waals surface area (Å²) in [6.45, 7) is 0. The molecule has 4 aromatic rings. The number of nitrogens with one attached hydrogen (secondary N) is 1. The molecule has 0 unspecified atom stereocenters. The van der Waals surface area contributed by atoms with Crippen molar-refractivity contribution in [1.82, 2.24) is 9.97 Å². The molecule has 0 radical (unpaired) electrons. The molecule has 4 nitrogen and oxygen atoms in total. The van der Waals surface area contributed by atoms with Crippen molar-refractivity contribution in [2.75, 3.05) is 0 Å². The number of pyridine rings is 2. The molecule has 1 aromatic carbocycles. The normalized spacial score (nSPS) is 11.5. The van der Waals surface area contributed by atoms with Crippen molar-refractivity contribution in [3.63, 3.8) is 0 Å². The molecule has 0 aliphatic rings. The third-order valence-corrected chi connectivity index (χ3v) is 4.22. The van der Waals surface area contributed by atoms with Crippen molar-refractivity contribution in [3.8, 4) is 11.4 Å². The summed E-state index contributed by atoms with van der Waals surface area (Å²) in [5.74, 6) is 0.531. The molecule has 0 bridgehead atoms. The summed E-state index contributed by atoms with van der Waals surface area (Å²) in [7, 11) is 0. The number of benzene rings is 1. The molecule has 3 aromatic heterocycles. The van der Waals surface area contributed by atoms with Gasteiger partial charge in [-0.2, -0.15) is 0 Å². The average molecular weight is 425 g/mol. The number of halogens is 1. The lowest BCUT2D eigenvalue weighted by molar-refractivity contribution is 0.606. The van der Waals surface area contributed by atoms with E-state index in [0.717, 1.165) is 33.2 Å². The highest BCUT2D eigenvalue weighted by Crippen LogP contribution is 2.29. The molecule has 0 fully saturated rings. The van der Waals surface area contributed by atoms with Gasteiger partial charge in [0, 0.05) is 28.6 Å². The Morgan fingerprint density at radius 3 is 2.79 bits per heavy atom. The second-order valence-electron chi connectivity index (χ2n) is 5.27. The molecule has 0 saturated carbocycles. The minimum absolute atomic E-state index is 0.531. The summed E-state index contributed by atoms with van der Waals surface area (Å²) < 4.78 is 7.68. The average Bonchev–Trinajstić information content (AvgIpc) is 2.98. The van der Waals surface area contributed by atoms with Crippen LogP contribution in [-0.4, -0.2) is 16.2 Å². The van der Waals surface area contributed by atoms with E-state index in [0.29, 0.717) is 11.3 Å². The fourth-order valence-corrected chi connectivity index (χ4v) is 3.08. The molecule has 0 saturated heterocycles. The predicted octanol–water partition coefficient (Wildman–Crippen LogP) is 5.45. The Balaban J connectivity index is 1.88. The zero-order chi connectivity index (χ0) is 16.5. The molecule has 0 atom stereocenters. The fourth-order valence-electron chi connectivity index (χ4n) is 2.72. The van der Waals surface area contributed by atoms with Gasteiger partial charge in [-0.3, -0.25) is 4.98 Å². The van der Waals surface area contributed by atoms with Crippen LogP contribution >= 0.6 is 22.6 Å². The largest absolute Gasteiger partial charge is 0.454 e. The fraction of sp³-hybridized carbons (Fsp3) is 0. The van der Waals surface area contributed by atoms with Crippen LogP contribution in [0.4, 0.5) is 0 Å². The van der Waals surface area contributed by atoms with Crippen molar-refractivity contribution >= 4 is 56.8 Å². The maximum absolute atomic E-state index is 7.52. The Hall–Kier alpha value is -2.54. The van der Waals surface area contributed by atoms with Gasteiger partial charge in [0.15, 0.2) is 5.76 Å². The van der Waals surface area contributed by atoms with Crippen molar-refractivity contribution in [2.24, 2.45) is 0 Å². The first kappa shape index (κ1) is 15.0. The zero-order valence-electron chi connectivity index (χ0n) is 12.5. The Labute approximate surface area is 151 Å². The number of hydrogen-bond donors (Lipinski definition) is 1. The van der Waals surface area contributed by atoms with Gasteiger partial charge in [0.2, 0.25) is 0 Å². The highest BCUT2D eigenvalue weighted by Gasteiger charge is 2.13. The number of hydrogen-bond acceptors (Lipinski definition) is 4. The third kappa shape index (κ3) is 2.50. The maximum Gasteiger partial charge on any atom is 0.152 e. The lowest BCUT2D eigenvalue weighted by Gasteiger charge is -2.02. The molecule has 0 aliphatic heterocycles. The van der Waals surface area contributed by atoms with E-state index in [-0.39, 0.29) is 0 Å².